The number of fused-ring (bicyclic) bond motifs is 1. The number of piperidine rings is 1. The number of benzene rings is 1. The van der Waals surface area contributed by atoms with Crippen LogP contribution in [0.4, 0.5) is 5.82 Å². The molecule has 1 saturated heterocycles. The molecule has 0 spiro atoms. The molecule has 1 unspecified atom stereocenters. The molecule has 1 fully saturated rings. The van der Waals surface area contributed by atoms with E-state index in [0.717, 1.165) is 48.4 Å². The lowest BCUT2D eigenvalue weighted by Gasteiger charge is -2.35. The van der Waals surface area contributed by atoms with Gasteiger partial charge in [-0.05, 0) is 43.2 Å². The molecule has 0 saturated carbocycles. The fraction of sp³-hybridized carbons (Fsp3) is 0.500. The maximum absolute atomic E-state index is 12.3. The van der Waals surface area contributed by atoms with Gasteiger partial charge in [-0.3, -0.25) is 4.79 Å². The SMILES string of the molecule is COc1ccc2nc(N3CCCC(NC(=O)C(C)(C)C)C3)ccc2c1. The van der Waals surface area contributed by atoms with E-state index in [1.165, 1.54) is 0 Å². The first-order chi connectivity index (χ1) is 11.9. The summed E-state index contributed by atoms with van der Waals surface area (Å²) >= 11 is 0. The summed E-state index contributed by atoms with van der Waals surface area (Å²) < 4.78 is 5.27. The second-order valence-electron chi connectivity index (χ2n) is 7.74. The zero-order valence-corrected chi connectivity index (χ0v) is 15.5. The molecule has 134 valence electrons. The molecule has 1 aliphatic heterocycles. The van der Waals surface area contributed by atoms with Gasteiger partial charge in [0.2, 0.25) is 5.91 Å². The van der Waals surface area contributed by atoms with Crippen LogP contribution in [0.1, 0.15) is 33.6 Å². The van der Waals surface area contributed by atoms with E-state index < -0.39 is 0 Å². The summed E-state index contributed by atoms with van der Waals surface area (Å²) in [5, 5.41) is 4.25. The zero-order chi connectivity index (χ0) is 18.0. The number of methoxy groups -OCH3 is 1. The molecular weight excluding hydrogens is 314 g/mol. The smallest absolute Gasteiger partial charge is 0.225 e. The Morgan fingerprint density at radius 1 is 1.28 bits per heavy atom. The molecule has 1 amide bonds. The number of carbonyl (C=O) groups is 1. The molecule has 1 aromatic carbocycles. The van der Waals surface area contributed by atoms with E-state index in [9.17, 15) is 4.79 Å². The van der Waals surface area contributed by atoms with Gasteiger partial charge in [-0.2, -0.15) is 0 Å². The van der Waals surface area contributed by atoms with Crippen LogP contribution in [0.2, 0.25) is 0 Å². The first-order valence-corrected chi connectivity index (χ1v) is 8.87. The Bertz CT molecular complexity index is 767. The Balaban J connectivity index is 1.75. The van der Waals surface area contributed by atoms with Crippen molar-refractivity contribution in [3.05, 3.63) is 30.3 Å². The van der Waals surface area contributed by atoms with Crippen LogP contribution in [0.3, 0.4) is 0 Å². The van der Waals surface area contributed by atoms with Crippen LogP contribution in [0.5, 0.6) is 5.75 Å². The number of amides is 1. The molecule has 2 aromatic rings. The monoisotopic (exact) mass is 341 g/mol. The van der Waals surface area contributed by atoms with Crippen molar-refractivity contribution in [2.45, 2.75) is 39.7 Å². The molecule has 0 radical (unpaired) electrons. The van der Waals surface area contributed by atoms with Gasteiger partial charge in [0.05, 0.1) is 12.6 Å². The van der Waals surface area contributed by atoms with E-state index in [4.69, 9.17) is 9.72 Å². The summed E-state index contributed by atoms with van der Waals surface area (Å²) in [6.45, 7) is 7.61. The van der Waals surface area contributed by atoms with E-state index in [0.29, 0.717) is 0 Å². The number of pyridine rings is 1. The third kappa shape index (κ3) is 4.03. The van der Waals surface area contributed by atoms with Crippen molar-refractivity contribution < 1.29 is 9.53 Å². The van der Waals surface area contributed by atoms with Gasteiger partial charge >= 0.3 is 0 Å². The number of hydrogen-bond acceptors (Lipinski definition) is 4. The topological polar surface area (TPSA) is 54.5 Å². The molecular formula is C20H27N3O2. The second kappa shape index (κ2) is 6.90. The summed E-state index contributed by atoms with van der Waals surface area (Å²) in [4.78, 5) is 19.3. The highest BCUT2D eigenvalue weighted by molar-refractivity contribution is 5.82. The van der Waals surface area contributed by atoms with Crippen molar-refractivity contribution >= 4 is 22.6 Å². The van der Waals surface area contributed by atoms with Crippen molar-refractivity contribution in [3.63, 3.8) is 0 Å². The largest absolute Gasteiger partial charge is 0.497 e. The highest BCUT2D eigenvalue weighted by Gasteiger charge is 2.27. The zero-order valence-electron chi connectivity index (χ0n) is 15.5. The van der Waals surface area contributed by atoms with E-state index in [2.05, 4.69) is 22.3 Å². The lowest BCUT2D eigenvalue weighted by atomic mass is 9.94. The van der Waals surface area contributed by atoms with Crippen molar-refractivity contribution in [2.24, 2.45) is 5.41 Å². The van der Waals surface area contributed by atoms with Crippen LogP contribution in [0, 0.1) is 5.41 Å². The van der Waals surface area contributed by atoms with Crippen LogP contribution in [0.15, 0.2) is 30.3 Å². The highest BCUT2D eigenvalue weighted by atomic mass is 16.5. The van der Waals surface area contributed by atoms with E-state index in [1.54, 1.807) is 7.11 Å². The molecule has 1 aromatic heterocycles. The Labute approximate surface area is 149 Å². The van der Waals surface area contributed by atoms with Gasteiger partial charge in [-0.1, -0.05) is 20.8 Å². The van der Waals surface area contributed by atoms with Crippen molar-refractivity contribution in [1.29, 1.82) is 0 Å². The van der Waals surface area contributed by atoms with Gasteiger partial charge in [-0.25, -0.2) is 4.98 Å². The third-order valence-electron chi connectivity index (χ3n) is 4.64. The molecule has 1 N–H and O–H groups in total. The average Bonchev–Trinajstić information content (AvgIpc) is 2.60. The molecule has 3 rings (SSSR count). The number of nitrogens with one attached hydrogen (secondary N) is 1. The van der Waals surface area contributed by atoms with Crippen LogP contribution >= 0.6 is 0 Å². The number of carbonyl (C=O) groups excluding carboxylic acids is 1. The van der Waals surface area contributed by atoms with E-state index in [1.807, 2.05) is 39.0 Å². The fourth-order valence-electron chi connectivity index (χ4n) is 3.10. The quantitative estimate of drug-likeness (QED) is 0.930. The number of anilines is 1. The van der Waals surface area contributed by atoms with Gasteiger partial charge in [0.25, 0.3) is 0 Å². The Morgan fingerprint density at radius 2 is 2.08 bits per heavy atom. The standard InChI is InChI=1S/C20H27N3O2/c1-20(2,3)19(24)21-15-6-5-11-23(13-15)18-10-7-14-12-16(25-4)8-9-17(14)22-18/h7-10,12,15H,5-6,11,13H2,1-4H3,(H,21,24). The van der Waals surface area contributed by atoms with Crippen LogP contribution < -0.4 is 15.0 Å². The van der Waals surface area contributed by atoms with E-state index in [-0.39, 0.29) is 17.4 Å². The first kappa shape index (κ1) is 17.5. The maximum atomic E-state index is 12.3. The minimum Gasteiger partial charge on any atom is -0.497 e. The van der Waals surface area contributed by atoms with Crippen molar-refractivity contribution in [3.8, 4) is 5.75 Å². The number of hydrogen-bond donors (Lipinski definition) is 1. The highest BCUT2D eigenvalue weighted by Crippen LogP contribution is 2.25. The lowest BCUT2D eigenvalue weighted by Crippen LogP contribution is -2.50. The molecule has 2 heterocycles. The second-order valence-corrected chi connectivity index (χ2v) is 7.74. The van der Waals surface area contributed by atoms with E-state index >= 15 is 0 Å². The fourth-order valence-corrected chi connectivity index (χ4v) is 3.10. The summed E-state index contributed by atoms with van der Waals surface area (Å²) in [5.41, 5.74) is 0.599. The predicted molar refractivity (Wildman–Crippen MR) is 101 cm³/mol. The van der Waals surface area contributed by atoms with Crippen molar-refractivity contribution in [1.82, 2.24) is 10.3 Å². The summed E-state index contributed by atoms with van der Waals surface area (Å²) in [6.07, 6.45) is 2.07. The Hall–Kier alpha value is -2.30. The number of nitrogens with zero attached hydrogens (tertiary/aromatic N) is 2. The summed E-state index contributed by atoms with van der Waals surface area (Å²) in [7, 11) is 1.67. The predicted octanol–water partition coefficient (Wildman–Crippen LogP) is 3.37. The van der Waals surface area contributed by atoms with Gasteiger partial charge in [0, 0.05) is 29.9 Å². The number of rotatable bonds is 3. The lowest BCUT2D eigenvalue weighted by molar-refractivity contribution is -0.129. The summed E-state index contributed by atoms with van der Waals surface area (Å²) in [5.74, 6) is 1.91. The van der Waals surface area contributed by atoms with Crippen LogP contribution in [-0.2, 0) is 4.79 Å². The van der Waals surface area contributed by atoms with Gasteiger partial charge < -0.3 is 15.0 Å². The minimum absolute atomic E-state index is 0.109. The number of ether oxygens (including phenoxy) is 1. The normalized spacial score (nSPS) is 18.2. The molecule has 25 heavy (non-hydrogen) atoms. The molecule has 1 atom stereocenters. The van der Waals surface area contributed by atoms with Crippen molar-refractivity contribution in [2.75, 3.05) is 25.1 Å². The van der Waals surface area contributed by atoms with Crippen LogP contribution in [0.25, 0.3) is 10.9 Å². The first-order valence-electron chi connectivity index (χ1n) is 8.87. The third-order valence-corrected chi connectivity index (χ3v) is 4.64. The Kier molecular flexibility index (Phi) is 4.84. The molecule has 5 nitrogen and oxygen atoms in total. The molecule has 1 aliphatic rings. The molecule has 0 aliphatic carbocycles. The number of aromatic nitrogens is 1. The Morgan fingerprint density at radius 3 is 2.80 bits per heavy atom. The molecule has 5 heteroatoms. The van der Waals surface area contributed by atoms with Gasteiger partial charge in [0.15, 0.2) is 0 Å². The average molecular weight is 341 g/mol. The maximum Gasteiger partial charge on any atom is 0.225 e. The molecule has 0 bridgehead atoms. The minimum atomic E-state index is -0.359. The van der Waals surface area contributed by atoms with Crippen LogP contribution in [-0.4, -0.2) is 37.1 Å². The summed E-state index contributed by atoms with van der Waals surface area (Å²) in [6, 6.07) is 10.2. The van der Waals surface area contributed by atoms with Gasteiger partial charge in [0.1, 0.15) is 11.6 Å². The van der Waals surface area contributed by atoms with Gasteiger partial charge in [-0.15, -0.1) is 0 Å².